The van der Waals surface area contributed by atoms with Gasteiger partial charge in [0.15, 0.2) is 0 Å². The largest absolute Gasteiger partial charge is 0.488 e. The number of amides is 1. The van der Waals surface area contributed by atoms with Crippen LogP contribution in [-0.4, -0.2) is 56.7 Å². The summed E-state index contributed by atoms with van der Waals surface area (Å²) < 4.78 is 8.31. The van der Waals surface area contributed by atoms with Gasteiger partial charge in [0, 0.05) is 44.2 Å². The molecule has 2 aliphatic rings. The quantitative estimate of drug-likeness (QED) is 0.530. The highest BCUT2D eigenvalue weighted by atomic mass is 35.5. The summed E-state index contributed by atoms with van der Waals surface area (Å²) in [5, 5.41) is 9.58. The highest BCUT2D eigenvalue weighted by Gasteiger charge is 2.26. The van der Waals surface area contributed by atoms with Crippen molar-refractivity contribution in [3.05, 3.63) is 76.3 Å². The van der Waals surface area contributed by atoms with E-state index in [1.165, 1.54) is 19.3 Å². The van der Waals surface area contributed by atoms with Gasteiger partial charge in [-0.15, -0.1) is 10.2 Å². The lowest BCUT2D eigenvalue weighted by Crippen LogP contribution is -2.48. The molecule has 0 saturated carbocycles. The molecule has 1 aromatic heterocycles. The van der Waals surface area contributed by atoms with Crippen LogP contribution in [0.3, 0.4) is 0 Å². The van der Waals surface area contributed by atoms with Crippen LogP contribution in [-0.2, 0) is 26.1 Å². The molecule has 3 heterocycles. The standard InChI is InChI=1S/C26H30ClN5O2/c27-21-11-9-20(10-12-21)19-34-23-7-4-3-6-22(23)26(33)31-16-14-30(15-17-31)18-25-29-28-24-8-2-1-5-13-32(24)25/h3-4,6-7,9-12H,1-2,5,8,13-19H2. The molecule has 0 unspecified atom stereocenters. The van der Waals surface area contributed by atoms with E-state index in [4.69, 9.17) is 16.3 Å². The van der Waals surface area contributed by atoms with Gasteiger partial charge in [-0.05, 0) is 42.7 Å². The van der Waals surface area contributed by atoms with Crippen molar-refractivity contribution in [1.29, 1.82) is 0 Å². The van der Waals surface area contributed by atoms with Gasteiger partial charge >= 0.3 is 0 Å². The van der Waals surface area contributed by atoms with Crippen molar-refractivity contribution in [2.45, 2.75) is 45.4 Å². The fourth-order valence-corrected chi connectivity index (χ4v) is 4.78. The van der Waals surface area contributed by atoms with E-state index < -0.39 is 0 Å². The van der Waals surface area contributed by atoms with Gasteiger partial charge in [-0.3, -0.25) is 9.69 Å². The Morgan fingerprint density at radius 1 is 0.912 bits per heavy atom. The molecule has 3 aromatic rings. The summed E-state index contributed by atoms with van der Waals surface area (Å²) in [4.78, 5) is 17.6. The first-order valence-electron chi connectivity index (χ1n) is 12.1. The maximum atomic E-state index is 13.3. The van der Waals surface area contributed by atoms with Crippen LogP contribution in [0.25, 0.3) is 0 Å². The Balaban J connectivity index is 1.18. The summed E-state index contributed by atoms with van der Waals surface area (Å²) in [7, 11) is 0. The van der Waals surface area contributed by atoms with E-state index in [1.54, 1.807) is 0 Å². The number of hydrogen-bond acceptors (Lipinski definition) is 5. The maximum absolute atomic E-state index is 13.3. The molecule has 1 fully saturated rings. The second-order valence-corrected chi connectivity index (χ2v) is 9.41. The number of aromatic nitrogens is 3. The number of nitrogens with zero attached hydrogens (tertiary/aromatic N) is 5. The van der Waals surface area contributed by atoms with Crippen molar-refractivity contribution in [2.24, 2.45) is 0 Å². The molecule has 8 heteroatoms. The van der Waals surface area contributed by atoms with Gasteiger partial charge in [0.05, 0.1) is 12.1 Å². The van der Waals surface area contributed by atoms with Crippen LogP contribution < -0.4 is 4.74 Å². The van der Waals surface area contributed by atoms with E-state index in [9.17, 15) is 4.79 Å². The lowest BCUT2D eigenvalue weighted by molar-refractivity contribution is 0.0619. The zero-order valence-corrected chi connectivity index (χ0v) is 20.1. The van der Waals surface area contributed by atoms with E-state index in [2.05, 4.69) is 19.7 Å². The van der Waals surface area contributed by atoms with Gasteiger partial charge in [0.1, 0.15) is 24.0 Å². The van der Waals surface area contributed by atoms with Crippen LogP contribution in [0.2, 0.25) is 5.02 Å². The molecule has 0 radical (unpaired) electrons. The van der Waals surface area contributed by atoms with E-state index in [0.717, 1.165) is 49.8 Å². The zero-order valence-electron chi connectivity index (χ0n) is 19.3. The van der Waals surface area contributed by atoms with Gasteiger partial charge in [-0.25, -0.2) is 0 Å². The van der Waals surface area contributed by atoms with Crippen molar-refractivity contribution < 1.29 is 9.53 Å². The lowest BCUT2D eigenvalue weighted by Gasteiger charge is -2.34. The van der Waals surface area contributed by atoms with Crippen molar-refractivity contribution in [2.75, 3.05) is 26.2 Å². The Labute approximate surface area is 205 Å². The number of halogens is 1. The average molecular weight is 480 g/mol. The van der Waals surface area contributed by atoms with Crippen molar-refractivity contribution in [3.63, 3.8) is 0 Å². The maximum Gasteiger partial charge on any atom is 0.257 e. The summed E-state index contributed by atoms with van der Waals surface area (Å²) in [5.74, 6) is 2.80. The Morgan fingerprint density at radius 3 is 2.53 bits per heavy atom. The summed E-state index contributed by atoms with van der Waals surface area (Å²) in [6, 6.07) is 15.0. The van der Waals surface area contributed by atoms with Gasteiger partial charge in [0.2, 0.25) is 0 Å². The monoisotopic (exact) mass is 479 g/mol. The topological polar surface area (TPSA) is 63.5 Å². The number of piperazine rings is 1. The molecular formula is C26H30ClN5O2. The van der Waals surface area contributed by atoms with Crippen LogP contribution in [0.1, 0.15) is 46.8 Å². The van der Waals surface area contributed by atoms with Crippen molar-refractivity contribution in [3.8, 4) is 5.75 Å². The molecule has 0 bridgehead atoms. The molecule has 0 spiro atoms. The molecule has 178 valence electrons. The minimum absolute atomic E-state index is 0.0164. The van der Waals surface area contributed by atoms with E-state index >= 15 is 0 Å². The third-order valence-corrected chi connectivity index (χ3v) is 6.89. The first-order chi connectivity index (χ1) is 16.7. The number of carbonyl (C=O) groups excluding carboxylic acids is 1. The second kappa shape index (κ2) is 10.6. The minimum atomic E-state index is 0.0164. The number of carbonyl (C=O) groups is 1. The molecule has 2 aromatic carbocycles. The average Bonchev–Trinajstić information content (AvgIpc) is 3.09. The number of rotatable bonds is 6. The fraction of sp³-hybridized carbons (Fsp3) is 0.423. The molecule has 0 aliphatic carbocycles. The Hall–Kier alpha value is -2.90. The number of para-hydroxylation sites is 1. The molecule has 1 amide bonds. The van der Waals surface area contributed by atoms with Crippen LogP contribution >= 0.6 is 11.6 Å². The highest BCUT2D eigenvalue weighted by molar-refractivity contribution is 6.30. The zero-order chi connectivity index (χ0) is 23.3. The normalized spacial score (nSPS) is 16.7. The molecule has 0 atom stereocenters. The van der Waals surface area contributed by atoms with E-state index in [1.807, 2.05) is 53.4 Å². The van der Waals surface area contributed by atoms with E-state index in [0.29, 0.717) is 36.0 Å². The fourth-order valence-electron chi connectivity index (χ4n) is 4.65. The third-order valence-electron chi connectivity index (χ3n) is 6.64. The molecule has 5 rings (SSSR count). The molecule has 34 heavy (non-hydrogen) atoms. The molecule has 7 nitrogen and oxygen atoms in total. The lowest BCUT2D eigenvalue weighted by atomic mass is 10.1. The smallest absolute Gasteiger partial charge is 0.257 e. The first kappa shape index (κ1) is 22.9. The van der Waals surface area contributed by atoms with Gasteiger partial charge in [0.25, 0.3) is 5.91 Å². The Morgan fingerprint density at radius 2 is 1.71 bits per heavy atom. The highest BCUT2D eigenvalue weighted by Crippen LogP contribution is 2.23. The predicted octanol–water partition coefficient (Wildman–Crippen LogP) is 4.19. The number of fused-ring (bicyclic) bond motifs is 1. The third kappa shape index (κ3) is 5.26. The van der Waals surface area contributed by atoms with Crippen molar-refractivity contribution >= 4 is 17.5 Å². The summed E-state index contributed by atoms with van der Waals surface area (Å²) >= 11 is 5.97. The molecule has 1 saturated heterocycles. The van der Waals surface area contributed by atoms with Crippen LogP contribution in [0, 0.1) is 0 Å². The minimum Gasteiger partial charge on any atom is -0.488 e. The number of benzene rings is 2. The van der Waals surface area contributed by atoms with E-state index in [-0.39, 0.29) is 5.91 Å². The molecule has 0 N–H and O–H groups in total. The SMILES string of the molecule is O=C(c1ccccc1OCc1ccc(Cl)cc1)N1CCN(Cc2nnc3n2CCCCC3)CC1. The first-order valence-corrected chi connectivity index (χ1v) is 12.4. The Kier molecular flexibility index (Phi) is 7.11. The predicted molar refractivity (Wildman–Crippen MR) is 131 cm³/mol. The van der Waals surface area contributed by atoms with Gasteiger partial charge in [-0.2, -0.15) is 0 Å². The molecular weight excluding hydrogens is 450 g/mol. The van der Waals surface area contributed by atoms with Gasteiger partial charge in [-0.1, -0.05) is 42.3 Å². The summed E-state index contributed by atoms with van der Waals surface area (Å²) in [6.45, 7) is 5.21. The van der Waals surface area contributed by atoms with Crippen LogP contribution in [0.15, 0.2) is 48.5 Å². The Bertz CT molecular complexity index is 1120. The summed E-state index contributed by atoms with van der Waals surface area (Å²) in [6.07, 6.45) is 4.67. The second-order valence-electron chi connectivity index (χ2n) is 8.97. The molecule has 2 aliphatic heterocycles. The van der Waals surface area contributed by atoms with Crippen LogP contribution in [0.5, 0.6) is 5.75 Å². The van der Waals surface area contributed by atoms with Crippen molar-refractivity contribution in [1.82, 2.24) is 24.6 Å². The van der Waals surface area contributed by atoms with Crippen LogP contribution in [0.4, 0.5) is 0 Å². The number of ether oxygens (including phenoxy) is 1. The van der Waals surface area contributed by atoms with Gasteiger partial charge < -0.3 is 14.2 Å². The number of hydrogen-bond donors (Lipinski definition) is 0. The summed E-state index contributed by atoms with van der Waals surface area (Å²) in [5.41, 5.74) is 1.61. The number of aryl methyl sites for hydroxylation is 1.